The minimum Gasteiger partial charge on any atom is -0.374 e. The van der Waals surface area contributed by atoms with Gasteiger partial charge in [0.15, 0.2) is 5.78 Å². The van der Waals surface area contributed by atoms with E-state index in [-0.39, 0.29) is 0 Å². The van der Waals surface area contributed by atoms with Gasteiger partial charge < -0.3 is 4.74 Å². The third kappa shape index (κ3) is 3.09. The van der Waals surface area contributed by atoms with E-state index in [9.17, 15) is 4.79 Å². The van der Waals surface area contributed by atoms with E-state index in [1.165, 1.54) is 19.3 Å². The predicted octanol–water partition coefficient (Wildman–Crippen LogP) is 2.81. The normalized spacial score (nSPS) is 27.6. The van der Waals surface area contributed by atoms with Crippen LogP contribution in [0.15, 0.2) is 0 Å². The van der Waals surface area contributed by atoms with E-state index in [4.69, 9.17) is 4.74 Å². The fourth-order valence-corrected chi connectivity index (χ4v) is 2.43. The van der Waals surface area contributed by atoms with Crippen molar-refractivity contribution < 1.29 is 9.53 Å². The van der Waals surface area contributed by atoms with Gasteiger partial charge in [-0.15, -0.1) is 0 Å². The molecule has 0 aromatic rings. The molecule has 0 aromatic carbocycles. The van der Waals surface area contributed by atoms with Crippen LogP contribution in [-0.2, 0) is 9.53 Å². The predicted molar refractivity (Wildman–Crippen MR) is 57.2 cm³/mol. The molecule has 0 heterocycles. The number of hydrogen-bond acceptors (Lipinski definition) is 2. The molecule has 1 aliphatic rings. The Morgan fingerprint density at radius 3 is 2.64 bits per heavy atom. The van der Waals surface area contributed by atoms with Crippen molar-refractivity contribution in [3.05, 3.63) is 0 Å². The van der Waals surface area contributed by atoms with Gasteiger partial charge in [0.25, 0.3) is 0 Å². The fraction of sp³-hybridized carbons (Fsp3) is 0.917. The Balaban J connectivity index is 2.41. The van der Waals surface area contributed by atoms with E-state index in [2.05, 4.69) is 6.92 Å². The summed E-state index contributed by atoms with van der Waals surface area (Å²) in [7, 11) is 0. The second kappa shape index (κ2) is 6.18. The second-order valence-electron chi connectivity index (χ2n) is 4.16. The average molecular weight is 198 g/mol. The van der Waals surface area contributed by atoms with E-state index >= 15 is 0 Å². The first-order chi connectivity index (χ1) is 6.79. The third-order valence-corrected chi connectivity index (χ3v) is 3.30. The highest BCUT2D eigenvalue weighted by atomic mass is 16.5. The summed E-state index contributed by atoms with van der Waals surface area (Å²) in [5.74, 6) is 1.25. The summed E-state index contributed by atoms with van der Waals surface area (Å²) < 4.78 is 5.19. The first-order valence-electron chi connectivity index (χ1n) is 5.90. The van der Waals surface area contributed by atoms with Crippen molar-refractivity contribution in [2.45, 2.75) is 46.0 Å². The SMILES string of the molecule is CCOCC(=O)C1CCCCC1CC. The standard InChI is InChI=1S/C12H22O2/c1-3-10-7-5-6-8-11(10)12(13)9-14-4-2/h10-11H,3-9H2,1-2H3. The minimum atomic E-state index is 0.292. The monoisotopic (exact) mass is 198 g/mol. The Morgan fingerprint density at radius 1 is 1.29 bits per heavy atom. The highest BCUT2D eigenvalue weighted by Crippen LogP contribution is 2.32. The number of carbonyl (C=O) groups is 1. The Morgan fingerprint density at radius 2 is 2.00 bits per heavy atom. The van der Waals surface area contributed by atoms with Crippen LogP contribution in [0.5, 0.6) is 0 Å². The first kappa shape index (κ1) is 11.7. The molecule has 2 heteroatoms. The van der Waals surface area contributed by atoms with Crippen LogP contribution in [0, 0.1) is 11.8 Å². The molecule has 14 heavy (non-hydrogen) atoms. The van der Waals surface area contributed by atoms with Crippen LogP contribution in [0.4, 0.5) is 0 Å². The number of ether oxygens (including phenoxy) is 1. The van der Waals surface area contributed by atoms with E-state index in [0.717, 1.165) is 12.8 Å². The third-order valence-electron chi connectivity index (χ3n) is 3.30. The van der Waals surface area contributed by atoms with Crippen LogP contribution < -0.4 is 0 Å². The number of hydrogen-bond donors (Lipinski definition) is 0. The molecule has 2 unspecified atom stereocenters. The molecule has 0 amide bonds. The first-order valence-corrected chi connectivity index (χ1v) is 5.90. The van der Waals surface area contributed by atoms with Crippen molar-refractivity contribution in [2.24, 2.45) is 11.8 Å². The zero-order valence-corrected chi connectivity index (χ0v) is 9.42. The van der Waals surface area contributed by atoms with Gasteiger partial charge in [0.05, 0.1) is 0 Å². The minimum absolute atomic E-state index is 0.292. The average Bonchev–Trinajstić information content (AvgIpc) is 2.25. The van der Waals surface area contributed by atoms with Gasteiger partial charge in [-0.25, -0.2) is 0 Å². The highest BCUT2D eigenvalue weighted by Gasteiger charge is 2.29. The van der Waals surface area contributed by atoms with Crippen molar-refractivity contribution in [2.75, 3.05) is 13.2 Å². The zero-order valence-electron chi connectivity index (χ0n) is 9.42. The lowest BCUT2D eigenvalue weighted by Crippen LogP contribution is -2.29. The summed E-state index contributed by atoms with van der Waals surface area (Å²) in [5.41, 5.74) is 0. The second-order valence-corrected chi connectivity index (χ2v) is 4.16. The molecule has 1 rings (SSSR count). The molecule has 0 radical (unpaired) electrons. The maximum atomic E-state index is 11.8. The Kier molecular flexibility index (Phi) is 5.16. The summed E-state index contributed by atoms with van der Waals surface area (Å²) in [5, 5.41) is 0. The molecule has 0 aromatic heterocycles. The Bertz CT molecular complexity index is 177. The van der Waals surface area contributed by atoms with Crippen molar-refractivity contribution in [3.8, 4) is 0 Å². The number of carbonyl (C=O) groups excluding carboxylic acids is 1. The smallest absolute Gasteiger partial charge is 0.161 e. The maximum absolute atomic E-state index is 11.8. The molecule has 0 N–H and O–H groups in total. The van der Waals surface area contributed by atoms with Gasteiger partial charge in [0, 0.05) is 12.5 Å². The maximum Gasteiger partial charge on any atom is 0.161 e. The number of Topliss-reactive ketones (excluding diaryl/α,β-unsaturated/α-hetero) is 1. The van der Waals surface area contributed by atoms with Crippen LogP contribution in [-0.4, -0.2) is 19.0 Å². The highest BCUT2D eigenvalue weighted by molar-refractivity contribution is 5.82. The zero-order chi connectivity index (χ0) is 10.4. The lowest BCUT2D eigenvalue weighted by Gasteiger charge is -2.29. The molecule has 1 aliphatic carbocycles. The van der Waals surface area contributed by atoms with E-state index < -0.39 is 0 Å². The van der Waals surface area contributed by atoms with Gasteiger partial charge in [-0.1, -0.05) is 26.2 Å². The number of rotatable bonds is 5. The van der Waals surface area contributed by atoms with Crippen molar-refractivity contribution in [1.82, 2.24) is 0 Å². The van der Waals surface area contributed by atoms with Crippen molar-refractivity contribution >= 4 is 5.78 Å². The summed E-state index contributed by atoms with van der Waals surface area (Å²) in [4.78, 5) is 11.8. The lowest BCUT2D eigenvalue weighted by atomic mass is 9.76. The quantitative estimate of drug-likeness (QED) is 0.679. The molecule has 0 aliphatic heterocycles. The van der Waals surface area contributed by atoms with Crippen LogP contribution in [0.2, 0.25) is 0 Å². The van der Waals surface area contributed by atoms with Gasteiger partial charge in [-0.2, -0.15) is 0 Å². The molecule has 2 atom stereocenters. The Labute approximate surface area is 87.0 Å². The molecule has 0 spiro atoms. The summed E-state index contributed by atoms with van der Waals surface area (Å²) >= 11 is 0. The summed E-state index contributed by atoms with van der Waals surface area (Å²) in [6, 6.07) is 0. The van der Waals surface area contributed by atoms with Crippen molar-refractivity contribution in [1.29, 1.82) is 0 Å². The molecule has 0 saturated heterocycles. The van der Waals surface area contributed by atoms with Crippen LogP contribution in [0.1, 0.15) is 46.0 Å². The van der Waals surface area contributed by atoms with Crippen LogP contribution in [0.3, 0.4) is 0 Å². The Hall–Kier alpha value is -0.370. The summed E-state index contributed by atoms with van der Waals surface area (Å²) in [6.45, 7) is 5.11. The fourth-order valence-electron chi connectivity index (χ4n) is 2.43. The van der Waals surface area contributed by atoms with Gasteiger partial charge in [-0.3, -0.25) is 4.79 Å². The van der Waals surface area contributed by atoms with Gasteiger partial charge in [-0.05, 0) is 25.7 Å². The van der Waals surface area contributed by atoms with E-state index in [0.29, 0.717) is 30.8 Å². The largest absolute Gasteiger partial charge is 0.374 e. The molecule has 0 bridgehead atoms. The van der Waals surface area contributed by atoms with Gasteiger partial charge >= 0.3 is 0 Å². The molecule has 2 nitrogen and oxygen atoms in total. The van der Waals surface area contributed by atoms with Crippen molar-refractivity contribution in [3.63, 3.8) is 0 Å². The summed E-state index contributed by atoms with van der Waals surface area (Å²) in [6.07, 6.45) is 5.99. The van der Waals surface area contributed by atoms with E-state index in [1.807, 2.05) is 6.92 Å². The lowest BCUT2D eigenvalue weighted by molar-refractivity contribution is -0.130. The van der Waals surface area contributed by atoms with Crippen LogP contribution >= 0.6 is 0 Å². The van der Waals surface area contributed by atoms with Crippen LogP contribution in [0.25, 0.3) is 0 Å². The van der Waals surface area contributed by atoms with E-state index in [1.54, 1.807) is 0 Å². The van der Waals surface area contributed by atoms with Gasteiger partial charge in [0.2, 0.25) is 0 Å². The molecule has 1 fully saturated rings. The molecule has 1 saturated carbocycles. The topological polar surface area (TPSA) is 26.3 Å². The molecule has 82 valence electrons. The molecular formula is C12H22O2. The van der Waals surface area contributed by atoms with Gasteiger partial charge in [0.1, 0.15) is 6.61 Å². The number of ketones is 1. The molecular weight excluding hydrogens is 176 g/mol.